The molecule has 4 atom stereocenters. The largest absolute Gasteiger partial charge is 0.367 e. The molecule has 2 amide bonds. The molecule has 3 fully saturated rings. The van der Waals surface area contributed by atoms with Crippen LogP contribution >= 0.6 is 0 Å². The average Bonchev–Trinajstić information content (AvgIpc) is 2.90. The van der Waals surface area contributed by atoms with Crippen molar-refractivity contribution < 1.29 is 14.3 Å². The lowest BCUT2D eigenvalue weighted by Crippen LogP contribution is -2.54. The van der Waals surface area contributed by atoms with Gasteiger partial charge in [0.2, 0.25) is 11.8 Å². The van der Waals surface area contributed by atoms with Gasteiger partial charge in [0.05, 0.1) is 19.2 Å². The minimum atomic E-state index is -0.656. The quantitative estimate of drug-likeness (QED) is 0.722. The van der Waals surface area contributed by atoms with E-state index in [0.29, 0.717) is 31.7 Å². The van der Waals surface area contributed by atoms with Crippen LogP contribution in [0.1, 0.15) is 32.1 Å². The Labute approximate surface area is 119 Å². The number of amides is 2. The van der Waals surface area contributed by atoms with E-state index < -0.39 is 12.0 Å². The first-order valence-corrected chi connectivity index (χ1v) is 7.61. The molecule has 2 aliphatic heterocycles. The highest BCUT2D eigenvalue weighted by atomic mass is 16.5. The second kappa shape index (κ2) is 5.69. The summed E-state index contributed by atoms with van der Waals surface area (Å²) >= 11 is 0. The van der Waals surface area contributed by atoms with E-state index in [0.717, 1.165) is 6.42 Å². The third-order valence-corrected chi connectivity index (χ3v) is 4.86. The summed E-state index contributed by atoms with van der Waals surface area (Å²) in [5.74, 6) is 0.259. The lowest BCUT2D eigenvalue weighted by molar-refractivity contribution is -0.146. The van der Waals surface area contributed by atoms with E-state index in [1.165, 1.54) is 25.7 Å². The van der Waals surface area contributed by atoms with Crippen molar-refractivity contribution in [3.8, 4) is 0 Å². The predicted octanol–water partition coefficient (Wildman–Crippen LogP) is -0.380. The molecule has 2 saturated heterocycles. The maximum atomic E-state index is 12.6. The molecule has 6 heteroatoms. The number of carbonyl (C=O) groups is 2. The number of primary amides is 1. The third kappa shape index (κ3) is 2.67. The fourth-order valence-electron chi connectivity index (χ4n) is 3.75. The van der Waals surface area contributed by atoms with Crippen molar-refractivity contribution in [2.24, 2.45) is 11.7 Å². The van der Waals surface area contributed by atoms with Crippen molar-refractivity contribution in [2.45, 2.75) is 50.3 Å². The van der Waals surface area contributed by atoms with Gasteiger partial charge < -0.3 is 20.7 Å². The van der Waals surface area contributed by atoms with Crippen molar-refractivity contribution in [1.29, 1.82) is 0 Å². The molecule has 0 radical (unpaired) electrons. The van der Waals surface area contributed by atoms with Crippen molar-refractivity contribution in [3.05, 3.63) is 0 Å². The van der Waals surface area contributed by atoms with Gasteiger partial charge in [0.15, 0.2) is 6.10 Å². The van der Waals surface area contributed by atoms with Gasteiger partial charge in [-0.3, -0.25) is 9.59 Å². The molecule has 0 spiro atoms. The molecule has 1 aliphatic carbocycles. The van der Waals surface area contributed by atoms with E-state index in [-0.39, 0.29) is 11.9 Å². The minimum Gasteiger partial charge on any atom is -0.367 e. The van der Waals surface area contributed by atoms with Crippen LogP contribution < -0.4 is 11.1 Å². The molecule has 0 aromatic carbocycles. The normalized spacial score (nSPS) is 37.5. The van der Waals surface area contributed by atoms with Crippen molar-refractivity contribution >= 4 is 11.8 Å². The topological polar surface area (TPSA) is 84.7 Å². The summed E-state index contributed by atoms with van der Waals surface area (Å²) in [6.07, 6.45) is 5.23. The SMILES string of the molecule is NC(=O)[C@@H]1CN(C(=O)[C@@H]2C[C@@H]3CCCC[C@@H]3N2)CCO1. The molecule has 2 heterocycles. The van der Waals surface area contributed by atoms with Crippen LogP contribution in [0.5, 0.6) is 0 Å². The molecule has 6 nitrogen and oxygen atoms in total. The average molecular weight is 281 g/mol. The van der Waals surface area contributed by atoms with Gasteiger partial charge in [0.25, 0.3) is 0 Å². The lowest BCUT2D eigenvalue weighted by atomic mass is 9.85. The van der Waals surface area contributed by atoms with Crippen molar-refractivity contribution in [2.75, 3.05) is 19.7 Å². The Morgan fingerprint density at radius 3 is 2.80 bits per heavy atom. The summed E-state index contributed by atoms with van der Waals surface area (Å²) < 4.78 is 5.29. The van der Waals surface area contributed by atoms with Gasteiger partial charge >= 0.3 is 0 Å². The number of nitrogens with two attached hydrogens (primary N) is 1. The lowest BCUT2D eigenvalue weighted by Gasteiger charge is -2.33. The van der Waals surface area contributed by atoms with Gasteiger partial charge in [-0.25, -0.2) is 0 Å². The van der Waals surface area contributed by atoms with Gasteiger partial charge in [-0.15, -0.1) is 0 Å². The maximum absolute atomic E-state index is 12.6. The number of morpholine rings is 1. The highest BCUT2D eigenvalue weighted by Gasteiger charge is 2.40. The number of hydrogen-bond acceptors (Lipinski definition) is 4. The zero-order valence-corrected chi connectivity index (χ0v) is 11.7. The molecule has 112 valence electrons. The van der Waals surface area contributed by atoms with E-state index in [1.807, 2.05) is 0 Å². The highest BCUT2D eigenvalue weighted by molar-refractivity contribution is 5.84. The zero-order chi connectivity index (χ0) is 14.1. The summed E-state index contributed by atoms with van der Waals surface area (Å²) in [5, 5.41) is 3.49. The minimum absolute atomic E-state index is 0.0882. The van der Waals surface area contributed by atoms with E-state index in [9.17, 15) is 9.59 Å². The van der Waals surface area contributed by atoms with E-state index in [4.69, 9.17) is 10.5 Å². The van der Waals surface area contributed by atoms with Crippen LogP contribution in [0.3, 0.4) is 0 Å². The summed E-state index contributed by atoms with van der Waals surface area (Å²) in [6, 6.07) is 0.417. The maximum Gasteiger partial charge on any atom is 0.248 e. The molecule has 20 heavy (non-hydrogen) atoms. The van der Waals surface area contributed by atoms with Gasteiger partial charge in [0.1, 0.15) is 0 Å². The number of ether oxygens (including phenoxy) is 1. The Morgan fingerprint density at radius 2 is 2.05 bits per heavy atom. The number of hydrogen-bond donors (Lipinski definition) is 2. The van der Waals surface area contributed by atoms with Crippen LogP contribution in [0.4, 0.5) is 0 Å². The highest BCUT2D eigenvalue weighted by Crippen LogP contribution is 2.33. The van der Waals surface area contributed by atoms with Crippen LogP contribution in [0.2, 0.25) is 0 Å². The summed E-state index contributed by atoms with van der Waals surface area (Å²) in [6.45, 7) is 1.23. The number of carbonyl (C=O) groups excluding carboxylic acids is 2. The number of nitrogens with one attached hydrogen (secondary N) is 1. The molecular weight excluding hydrogens is 258 g/mol. The second-order valence-electron chi connectivity index (χ2n) is 6.15. The molecular formula is C14H23N3O3. The number of nitrogens with zero attached hydrogens (tertiary/aromatic N) is 1. The molecule has 1 saturated carbocycles. The number of fused-ring (bicyclic) bond motifs is 1. The predicted molar refractivity (Wildman–Crippen MR) is 72.8 cm³/mol. The van der Waals surface area contributed by atoms with Gasteiger partial charge in [-0.05, 0) is 25.2 Å². The van der Waals surface area contributed by atoms with Gasteiger partial charge in [-0.1, -0.05) is 12.8 Å². The van der Waals surface area contributed by atoms with Crippen molar-refractivity contribution in [3.63, 3.8) is 0 Å². The number of rotatable bonds is 2. The van der Waals surface area contributed by atoms with Crippen LogP contribution in [0.15, 0.2) is 0 Å². The summed E-state index contributed by atoms with van der Waals surface area (Å²) in [5.41, 5.74) is 5.26. The molecule has 0 aromatic heterocycles. The first kappa shape index (κ1) is 13.8. The third-order valence-electron chi connectivity index (χ3n) is 4.86. The Morgan fingerprint density at radius 1 is 1.25 bits per heavy atom. The monoisotopic (exact) mass is 281 g/mol. The molecule has 0 unspecified atom stereocenters. The Balaban J connectivity index is 1.60. The van der Waals surface area contributed by atoms with E-state index in [2.05, 4.69) is 5.32 Å². The summed E-state index contributed by atoms with van der Waals surface area (Å²) in [4.78, 5) is 25.5. The van der Waals surface area contributed by atoms with E-state index >= 15 is 0 Å². The molecule has 0 aromatic rings. The van der Waals surface area contributed by atoms with Crippen LogP contribution in [-0.4, -0.2) is 54.6 Å². The molecule has 3 N–H and O–H groups in total. The molecule has 3 rings (SSSR count). The van der Waals surface area contributed by atoms with Crippen LogP contribution in [-0.2, 0) is 14.3 Å². The van der Waals surface area contributed by atoms with Crippen LogP contribution in [0.25, 0.3) is 0 Å². The molecule has 0 bridgehead atoms. The van der Waals surface area contributed by atoms with E-state index in [1.54, 1.807) is 4.90 Å². The van der Waals surface area contributed by atoms with Gasteiger partial charge in [0, 0.05) is 12.6 Å². The zero-order valence-electron chi connectivity index (χ0n) is 11.7. The summed E-state index contributed by atoms with van der Waals surface area (Å²) in [7, 11) is 0. The Hall–Kier alpha value is -1.14. The first-order valence-electron chi connectivity index (χ1n) is 7.61. The molecule has 3 aliphatic rings. The van der Waals surface area contributed by atoms with Crippen LogP contribution in [0, 0.1) is 5.92 Å². The first-order chi connectivity index (χ1) is 9.65. The fraction of sp³-hybridized carbons (Fsp3) is 0.857. The Kier molecular flexibility index (Phi) is 3.94. The standard InChI is InChI=1S/C14H23N3O3/c15-13(18)12-8-17(5-6-20-12)14(19)11-7-9-3-1-2-4-10(9)16-11/h9-12,16H,1-8H2,(H2,15,18)/t9-,10-,11-,12-/m0/s1. The Bertz CT molecular complexity index is 387. The van der Waals surface area contributed by atoms with Crippen molar-refractivity contribution in [1.82, 2.24) is 10.2 Å². The second-order valence-corrected chi connectivity index (χ2v) is 6.15. The fourth-order valence-corrected chi connectivity index (χ4v) is 3.75. The van der Waals surface area contributed by atoms with Gasteiger partial charge in [-0.2, -0.15) is 0 Å². The smallest absolute Gasteiger partial charge is 0.248 e.